The van der Waals surface area contributed by atoms with Crippen molar-refractivity contribution in [3.05, 3.63) is 89.7 Å². The van der Waals surface area contributed by atoms with Crippen molar-refractivity contribution in [3.8, 4) is 5.69 Å². The van der Waals surface area contributed by atoms with Crippen molar-refractivity contribution in [1.29, 1.82) is 0 Å². The summed E-state index contributed by atoms with van der Waals surface area (Å²) in [5.74, 6) is -0.798. The Hall–Kier alpha value is -3.34. The maximum atomic E-state index is 12.9. The van der Waals surface area contributed by atoms with Crippen LogP contribution in [0.4, 0.5) is 0 Å². The lowest BCUT2D eigenvalue weighted by Crippen LogP contribution is -2.33. The third kappa shape index (κ3) is 3.98. The molecular formula is C23H22N2O3. The zero-order chi connectivity index (χ0) is 19.5. The Balaban J connectivity index is 1.59. The molecular weight excluding hydrogens is 352 g/mol. The van der Waals surface area contributed by atoms with Crippen molar-refractivity contribution in [1.82, 2.24) is 9.88 Å². The summed E-state index contributed by atoms with van der Waals surface area (Å²) in [6.07, 6.45) is 4.82. The van der Waals surface area contributed by atoms with Gasteiger partial charge in [-0.2, -0.15) is 0 Å². The van der Waals surface area contributed by atoms with Crippen LogP contribution in [0.15, 0.2) is 73.1 Å². The predicted octanol–water partition coefficient (Wildman–Crippen LogP) is 3.96. The average Bonchev–Trinajstić information content (AvgIpc) is 3.35. The summed E-state index contributed by atoms with van der Waals surface area (Å²) in [5.41, 5.74) is 3.01. The number of carbonyl (C=O) groups is 2. The van der Waals surface area contributed by atoms with Gasteiger partial charge in [-0.1, -0.05) is 36.4 Å². The highest BCUT2D eigenvalue weighted by Crippen LogP contribution is 2.25. The van der Waals surface area contributed by atoms with E-state index in [-0.39, 0.29) is 11.9 Å². The average molecular weight is 374 g/mol. The highest BCUT2D eigenvalue weighted by Gasteiger charge is 2.31. The predicted molar refractivity (Wildman–Crippen MR) is 106 cm³/mol. The molecule has 1 amide bonds. The lowest BCUT2D eigenvalue weighted by molar-refractivity contribution is -0.130. The maximum Gasteiger partial charge on any atom is 0.339 e. The largest absolute Gasteiger partial charge is 0.444 e. The number of hydrogen-bond acceptors (Lipinski definition) is 3. The van der Waals surface area contributed by atoms with E-state index in [4.69, 9.17) is 4.74 Å². The van der Waals surface area contributed by atoms with Crippen molar-refractivity contribution < 1.29 is 14.3 Å². The minimum absolute atomic E-state index is 0.192. The number of hydrogen-bond donors (Lipinski definition) is 1. The molecule has 5 heteroatoms. The van der Waals surface area contributed by atoms with E-state index in [1.54, 1.807) is 24.3 Å². The Morgan fingerprint density at radius 1 is 1.04 bits per heavy atom. The maximum absolute atomic E-state index is 12.9. The van der Waals surface area contributed by atoms with Gasteiger partial charge in [0.25, 0.3) is 5.91 Å². The summed E-state index contributed by atoms with van der Waals surface area (Å²) in [4.78, 5) is 25.5. The van der Waals surface area contributed by atoms with Crippen molar-refractivity contribution in [2.45, 2.75) is 31.9 Å². The van der Waals surface area contributed by atoms with Gasteiger partial charge < -0.3 is 14.6 Å². The molecule has 1 N–H and O–H groups in total. The van der Waals surface area contributed by atoms with E-state index in [0.29, 0.717) is 11.1 Å². The van der Waals surface area contributed by atoms with Crippen LogP contribution in [0.25, 0.3) is 5.69 Å². The molecule has 5 nitrogen and oxygen atoms in total. The van der Waals surface area contributed by atoms with Crippen molar-refractivity contribution in [3.63, 3.8) is 0 Å². The van der Waals surface area contributed by atoms with Crippen LogP contribution >= 0.6 is 0 Å². The van der Waals surface area contributed by atoms with Crippen LogP contribution in [0.3, 0.4) is 0 Å². The zero-order valence-corrected chi connectivity index (χ0v) is 15.7. The van der Waals surface area contributed by atoms with Gasteiger partial charge in [-0.3, -0.25) is 4.79 Å². The molecule has 2 aromatic carbocycles. The smallest absolute Gasteiger partial charge is 0.339 e. The number of esters is 1. The van der Waals surface area contributed by atoms with Crippen LogP contribution in [0, 0.1) is 6.92 Å². The molecule has 1 saturated carbocycles. The third-order valence-corrected chi connectivity index (χ3v) is 4.82. The molecule has 1 aromatic heterocycles. The van der Waals surface area contributed by atoms with Gasteiger partial charge in [-0.05, 0) is 49.6 Å². The number of ether oxygens (including phenoxy) is 1. The van der Waals surface area contributed by atoms with Gasteiger partial charge in [0.05, 0.1) is 5.56 Å². The van der Waals surface area contributed by atoms with Crippen molar-refractivity contribution in [2.75, 3.05) is 0 Å². The van der Waals surface area contributed by atoms with Crippen LogP contribution in [0.1, 0.15) is 40.4 Å². The fourth-order valence-electron chi connectivity index (χ4n) is 3.09. The van der Waals surface area contributed by atoms with E-state index in [2.05, 4.69) is 5.32 Å². The highest BCUT2D eigenvalue weighted by atomic mass is 16.5. The molecule has 1 aliphatic carbocycles. The van der Waals surface area contributed by atoms with Gasteiger partial charge in [0.1, 0.15) is 0 Å². The van der Waals surface area contributed by atoms with E-state index in [1.807, 2.05) is 60.3 Å². The van der Waals surface area contributed by atoms with Crippen LogP contribution in [0.2, 0.25) is 0 Å². The molecule has 0 bridgehead atoms. The summed E-state index contributed by atoms with van der Waals surface area (Å²) in [7, 11) is 0. The SMILES string of the molecule is Cc1ccc(C(=O)OC(C(=O)NC2CC2)c2ccccc2)cc1-n1cccc1. The molecule has 0 aliphatic heterocycles. The molecule has 3 aromatic rings. The Kier molecular flexibility index (Phi) is 4.98. The Morgan fingerprint density at radius 3 is 2.43 bits per heavy atom. The minimum Gasteiger partial charge on any atom is -0.444 e. The van der Waals surface area contributed by atoms with E-state index < -0.39 is 12.1 Å². The van der Waals surface area contributed by atoms with Crippen LogP contribution < -0.4 is 5.32 Å². The third-order valence-electron chi connectivity index (χ3n) is 4.82. The van der Waals surface area contributed by atoms with Crippen molar-refractivity contribution in [2.24, 2.45) is 0 Å². The van der Waals surface area contributed by atoms with Gasteiger partial charge in [-0.25, -0.2) is 4.79 Å². The first kappa shape index (κ1) is 18.0. The molecule has 0 spiro atoms. The van der Waals surface area contributed by atoms with Crippen LogP contribution in [-0.2, 0) is 9.53 Å². The summed E-state index contributed by atoms with van der Waals surface area (Å²) in [6.45, 7) is 1.99. The molecule has 142 valence electrons. The standard InChI is InChI=1S/C23H22N2O3/c1-16-9-10-18(15-20(16)25-13-5-6-14-25)23(27)28-21(17-7-3-2-4-8-17)22(26)24-19-11-12-19/h2-10,13-15,19,21H,11-12H2,1H3,(H,24,26). The molecule has 1 atom stereocenters. The molecule has 4 rings (SSSR count). The Labute approximate surface area is 163 Å². The van der Waals surface area contributed by atoms with Gasteiger partial charge in [0.15, 0.2) is 0 Å². The van der Waals surface area contributed by atoms with Gasteiger partial charge in [-0.15, -0.1) is 0 Å². The minimum atomic E-state index is -0.967. The molecule has 1 aliphatic rings. The summed E-state index contributed by atoms with van der Waals surface area (Å²) in [6, 6.07) is 18.6. The van der Waals surface area contributed by atoms with E-state index in [1.165, 1.54) is 0 Å². The van der Waals surface area contributed by atoms with E-state index in [9.17, 15) is 9.59 Å². The second-order valence-corrected chi connectivity index (χ2v) is 7.07. The van der Waals surface area contributed by atoms with Gasteiger partial charge in [0, 0.05) is 29.7 Å². The van der Waals surface area contributed by atoms with E-state index in [0.717, 1.165) is 24.1 Å². The Bertz CT molecular complexity index is 976. The molecule has 1 fully saturated rings. The van der Waals surface area contributed by atoms with Crippen LogP contribution in [-0.4, -0.2) is 22.5 Å². The number of aryl methyl sites for hydroxylation is 1. The number of benzene rings is 2. The first-order chi connectivity index (χ1) is 13.6. The fraction of sp³-hybridized carbons (Fsp3) is 0.217. The van der Waals surface area contributed by atoms with Crippen LogP contribution in [0.5, 0.6) is 0 Å². The fourth-order valence-corrected chi connectivity index (χ4v) is 3.09. The molecule has 1 heterocycles. The van der Waals surface area contributed by atoms with Gasteiger partial charge >= 0.3 is 5.97 Å². The second-order valence-electron chi connectivity index (χ2n) is 7.07. The van der Waals surface area contributed by atoms with Gasteiger partial charge in [0.2, 0.25) is 6.10 Å². The number of carbonyl (C=O) groups excluding carboxylic acids is 2. The lowest BCUT2D eigenvalue weighted by atomic mass is 10.1. The normalized spacial score (nSPS) is 14.3. The molecule has 0 radical (unpaired) electrons. The quantitative estimate of drug-likeness (QED) is 0.665. The second kappa shape index (κ2) is 7.72. The first-order valence-corrected chi connectivity index (χ1v) is 9.42. The molecule has 28 heavy (non-hydrogen) atoms. The number of rotatable bonds is 6. The summed E-state index contributed by atoms with van der Waals surface area (Å²) >= 11 is 0. The molecule has 1 unspecified atom stereocenters. The Morgan fingerprint density at radius 2 is 1.75 bits per heavy atom. The number of nitrogens with one attached hydrogen (secondary N) is 1. The summed E-state index contributed by atoms with van der Waals surface area (Å²) in [5, 5.41) is 2.93. The van der Waals surface area contributed by atoms with Crippen molar-refractivity contribution >= 4 is 11.9 Å². The van der Waals surface area contributed by atoms with E-state index >= 15 is 0 Å². The lowest BCUT2D eigenvalue weighted by Gasteiger charge is -2.18. The first-order valence-electron chi connectivity index (χ1n) is 9.42. The monoisotopic (exact) mass is 374 g/mol. The summed E-state index contributed by atoms with van der Waals surface area (Å²) < 4.78 is 7.61. The number of nitrogens with zero attached hydrogens (tertiary/aromatic N) is 1. The highest BCUT2D eigenvalue weighted by molar-refractivity contribution is 5.93. The molecule has 0 saturated heterocycles. The number of aromatic nitrogens is 1. The zero-order valence-electron chi connectivity index (χ0n) is 15.7. The number of amides is 1. The topological polar surface area (TPSA) is 60.3 Å².